The van der Waals surface area contributed by atoms with Crippen molar-refractivity contribution >= 4 is 23.5 Å². The van der Waals surface area contributed by atoms with E-state index in [4.69, 9.17) is 0 Å². The highest BCUT2D eigenvalue weighted by molar-refractivity contribution is 7.10. The minimum Gasteiger partial charge on any atom is -0.508 e. The number of phenols is 1. The van der Waals surface area contributed by atoms with Gasteiger partial charge in [0.1, 0.15) is 10.8 Å². The van der Waals surface area contributed by atoms with Crippen LogP contribution in [0, 0.1) is 0 Å². The van der Waals surface area contributed by atoms with Gasteiger partial charge >= 0.3 is 0 Å². The molecule has 3 aromatic rings. The first-order valence-corrected chi connectivity index (χ1v) is 8.19. The summed E-state index contributed by atoms with van der Waals surface area (Å²) in [7, 11) is 0. The molecule has 24 heavy (non-hydrogen) atoms. The van der Waals surface area contributed by atoms with Gasteiger partial charge in [-0.15, -0.1) is 11.3 Å². The van der Waals surface area contributed by atoms with Crippen LogP contribution in [0.1, 0.15) is 10.6 Å². The van der Waals surface area contributed by atoms with Gasteiger partial charge in [0.15, 0.2) is 0 Å². The van der Waals surface area contributed by atoms with Crippen molar-refractivity contribution in [1.82, 2.24) is 10.4 Å². The van der Waals surface area contributed by atoms with E-state index in [0.717, 1.165) is 21.8 Å². The number of benzene rings is 2. The maximum atomic E-state index is 11.9. The minimum absolute atomic E-state index is 0.185. The molecule has 120 valence electrons. The topological polar surface area (TPSA) is 74.6 Å². The average Bonchev–Trinajstić information content (AvgIpc) is 3.06. The van der Waals surface area contributed by atoms with Crippen LogP contribution in [0.3, 0.4) is 0 Å². The minimum atomic E-state index is -0.223. The van der Waals surface area contributed by atoms with E-state index in [0.29, 0.717) is 0 Å². The fourth-order valence-corrected chi connectivity index (χ4v) is 2.85. The van der Waals surface area contributed by atoms with Crippen molar-refractivity contribution in [3.05, 3.63) is 70.5 Å². The Bertz CT molecular complexity index is 842. The molecule has 0 saturated carbocycles. The summed E-state index contributed by atoms with van der Waals surface area (Å²) in [5.41, 5.74) is 5.17. The van der Waals surface area contributed by atoms with E-state index >= 15 is 0 Å². The van der Waals surface area contributed by atoms with Gasteiger partial charge in [-0.1, -0.05) is 30.3 Å². The molecule has 0 unspecified atom stereocenters. The highest BCUT2D eigenvalue weighted by Crippen LogP contribution is 2.21. The lowest BCUT2D eigenvalue weighted by Crippen LogP contribution is -2.19. The van der Waals surface area contributed by atoms with Gasteiger partial charge in [0.05, 0.1) is 18.3 Å². The van der Waals surface area contributed by atoms with E-state index in [-0.39, 0.29) is 18.1 Å². The van der Waals surface area contributed by atoms with Gasteiger partial charge in [0, 0.05) is 10.9 Å². The van der Waals surface area contributed by atoms with Crippen molar-refractivity contribution in [2.45, 2.75) is 6.42 Å². The van der Waals surface area contributed by atoms with Gasteiger partial charge in [-0.3, -0.25) is 4.79 Å². The summed E-state index contributed by atoms with van der Waals surface area (Å²) in [5, 5.41) is 15.8. The van der Waals surface area contributed by atoms with Crippen LogP contribution < -0.4 is 5.43 Å². The van der Waals surface area contributed by atoms with Gasteiger partial charge in [0.25, 0.3) is 0 Å². The first-order valence-electron chi connectivity index (χ1n) is 7.31. The van der Waals surface area contributed by atoms with E-state index < -0.39 is 0 Å². The maximum absolute atomic E-state index is 11.9. The molecular formula is C18H15N3O2S. The Morgan fingerprint density at radius 3 is 2.67 bits per heavy atom. The molecule has 0 aliphatic carbocycles. The molecule has 2 aromatic carbocycles. The number of aromatic hydroxyl groups is 1. The highest BCUT2D eigenvalue weighted by atomic mass is 32.1. The lowest BCUT2D eigenvalue weighted by atomic mass is 10.2. The third-order valence-electron chi connectivity index (χ3n) is 3.23. The number of nitrogens with zero attached hydrogens (tertiary/aromatic N) is 2. The maximum Gasteiger partial charge on any atom is 0.246 e. The molecule has 1 aromatic heterocycles. The number of amides is 1. The normalized spacial score (nSPS) is 10.8. The van der Waals surface area contributed by atoms with Crippen molar-refractivity contribution in [3.8, 4) is 17.0 Å². The number of thiazole rings is 1. The molecule has 1 heterocycles. The number of carbonyl (C=O) groups excluding carboxylic acids is 1. The quantitative estimate of drug-likeness (QED) is 0.554. The van der Waals surface area contributed by atoms with E-state index in [1.807, 2.05) is 35.7 Å². The molecule has 0 fully saturated rings. The van der Waals surface area contributed by atoms with E-state index in [1.54, 1.807) is 24.3 Å². The number of carbonyl (C=O) groups is 1. The number of hydrogen-bond acceptors (Lipinski definition) is 5. The molecule has 2 N–H and O–H groups in total. The molecule has 0 saturated heterocycles. The number of nitrogens with one attached hydrogen (secondary N) is 1. The average molecular weight is 337 g/mol. The second kappa shape index (κ2) is 7.52. The van der Waals surface area contributed by atoms with Crippen LogP contribution in [0.2, 0.25) is 0 Å². The molecule has 1 amide bonds. The number of aromatic nitrogens is 1. The van der Waals surface area contributed by atoms with Crippen LogP contribution in [-0.2, 0) is 11.2 Å². The Morgan fingerprint density at radius 2 is 1.92 bits per heavy atom. The van der Waals surface area contributed by atoms with Gasteiger partial charge in [-0.2, -0.15) is 5.10 Å². The van der Waals surface area contributed by atoms with Crippen LogP contribution in [0.4, 0.5) is 0 Å². The largest absolute Gasteiger partial charge is 0.508 e. The third-order valence-corrected chi connectivity index (χ3v) is 4.08. The number of hydrogen-bond donors (Lipinski definition) is 2. The number of hydrazone groups is 1. The van der Waals surface area contributed by atoms with E-state index in [2.05, 4.69) is 15.5 Å². The molecule has 3 rings (SSSR count). The van der Waals surface area contributed by atoms with Gasteiger partial charge in [-0.05, 0) is 29.8 Å². The molecular weight excluding hydrogens is 322 g/mol. The second-order valence-electron chi connectivity index (χ2n) is 5.05. The summed E-state index contributed by atoms with van der Waals surface area (Å²) < 4.78 is 0. The van der Waals surface area contributed by atoms with Crippen LogP contribution in [0.5, 0.6) is 5.75 Å². The van der Waals surface area contributed by atoms with Gasteiger partial charge in [-0.25, -0.2) is 10.4 Å². The van der Waals surface area contributed by atoms with Crippen molar-refractivity contribution in [2.75, 3.05) is 0 Å². The number of phenolic OH excluding ortho intramolecular Hbond substituents is 1. The summed E-state index contributed by atoms with van der Waals surface area (Å²) in [6.45, 7) is 0. The van der Waals surface area contributed by atoms with Gasteiger partial charge in [0.2, 0.25) is 5.91 Å². The van der Waals surface area contributed by atoms with Crippen molar-refractivity contribution in [2.24, 2.45) is 5.10 Å². The van der Waals surface area contributed by atoms with Crippen LogP contribution in [0.25, 0.3) is 11.3 Å². The van der Waals surface area contributed by atoms with Crippen LogP contribution in [0.15, 0.2) is 65.1 Å². The summed E-state index contributed by atoms with van der Waals surface area (Å²) >= 11 is 1.45. The summed E-state index contributed by atoms with van der Waals surface area (Å²) in [6.07, 6.45) is 1.71. The molecule has 0 radical (unpaired) electrons. The zero-order chi connectivity index (χ0) is 16.8. The first-order chi connectivity index (χ1) is 11.7. The van der Waals surface area contributed by atoms with Crippen molar-refractivity contribution in [1.29, 1.82) is 0 Å². The zero-order valence-corrected chi connectivity index (χ0v) is 13.5. The lowest BCUT2D eigenvalue weighted by molar-refractivity contribution is -0.120. The monoisotopic (exact) mass is 337 g/mol. The smallest absolute Gasteiger partial charge is 0.246 e. The predicted octanol–water partition coefficient (Wildman–Crippen LogP) is 3.21. The highest BCUT2D eigenvalue weighted by Gasteiger charge is 2.08. The zero-order valence-electron chi connectivity index (χ0n) is 12.7. The Hall–Kier alpha value is -2.99. The first kappa shape index (κ1) is 15.9. The molecule has 0 atom stereocenters. The second-order valence-corrected chi connectivity index (χ2v) is 6.00. The molecule has 0 bridgehead atoms. The van der Waals surface area contributed by atoms with E-state index in [9.17, 15) is 9.90 Å². The molecule has 0 aliphatic rings. The summed E-state index contributed by atoms with van der Waals surface area (Å²) in [6, 6.07) is 16.4. The van der Waals surface area contributed by atoms with Crippen LogP contribution >= 0.6 is 11.3 Å². The van der Waals surface area contributed by atoms with Crippen molar-refractivity contribution in [3.63, 3.8) is 0 Å². The summed E-state index contributed by atoms with van der Waals surface area (Å²) in [5.74, 6) is -0.0341. The Labute approximate surface area is 143 Å². The Kier molecular flexibility index (Phi) is 4.98. The predicted molar refractivity (Wildman–Crippen MR) is 95.1 cm³/mol. The Morgan fingerprint density at radius 1 is 1.17 bits per heavy atom. The fraction of sp³-hybridized carbons (Fsp3) is 0.0556. The van der Waals surface area contributed by atoms with Crippen LogP contribution in [-0.4, -0.2) is 22.2 Å². The molecule has 0 aliphatic heterocycles. The summed E-state index contributed by atoms with van der Waals surface area (Å²) in [4.78, 5) is 16.4. The van der Waals surface area contributed by atoms with Crippen molar-refractivity contribution < 1.29 is 9.90 Å². The standard InChI is InChI=1S/C18H15N3O2S/c22-15-8-6-13(7-9-15)11-19-21-17(23)10-18-20-16(12-24-18)14-4-2-1-3-5-14/h1-9,11-12,22H,10H2,(H,21,23)/b19-11+. The third kappa shape index (κ3) is 4.27. The molecule has 0 spiro atoms. The van der Waals surface area contributed by atoms with E-state index in [1.165, 1.54) is 17.6 Å². The SMILES string of the molecule is O=C(Cc1nc(-c2ccccc2)cs1)N/N=C/c1ccc(O)cc1. The Balaban J connectivity index is 1.55. The lowest BCUT2D eigenvalue weighted by Gasteiger charge is -1.98. The van der Waals surface area contributed by atoms with Gasteiger partial charge < -0.3 is 5.11 Å². The molecule has 5 nitrogen and oxygen atoms in total. The fourth-order valence-electron chi connectivity index (χ4n) is 2.05. The molecule has 6 heteroatoms. The number of rotatable bonds is 5.